The second-order valence-corrected chi connectivity index (χ2v) is 4.14. The Kier molecular flexibility index (Phi) is 3.51. The Morgan fingerprint density at radius 3 is 2.70 bits per heavy atom. The predicted octanol–water partition coefficient (Wildman–Crippen LogP) is 2.71. The van der Waals surface area contributed by atoms with Gasteiger partial charge in [0, 0.05) is 18.0 Å². The molecule has 2 heterocycles. The van der Waals surface area contributed by atoms with Gasteiger partial charge < -0.3 is 0 Å². The van der Waals surface area contributed by atoms with Gasteiger partial charge in [-0.2, -0.15) is 10.2 Å². The molecule has 20 heavy (non-hydrogen) atoms. The first-order valence-corrected chi connectivity index (χ1v) is 6.22. The maximum Gasteiger partial charge on any atom is 0.146 e. The highest BCUT2D eigenvalue weighted by Gasteiger charge is 1.97. The van der Waals surface area contributed by atoms with Gasteiger partial charge in [-0.25, -0.2) is 9.67 Å². The smallest absolute Gasteiger partial charge is 0.146 e. The van der Waals surface area contributed by atoms with E-state index in [9.17, 15) is 0 Å². The van der Waals surface area contributed by atoms with Crippen molar-refractivity contribution in [3.63, 3.8) is 0 Å². The van der Waals surface area contributed by atoms with Crippen LogP contribution < -0.4 is 5.43 Å². The first kappa shape index (κ1) is 12.1. The van der Waals surface area contributed by atoms with E-state index in [1.54, 1.807) is 18.6 Å². The zero-order chi connectivity index (χ0) is 13.6. The van der Waals surface area contributed by atoms with E-state index in [2.05, 4.69) is 20.6 Å². The SMILES string of the molecule is C(=N/Nc1ccccn1)/c1cnn(-c2ccccc2)c1. The maximum atomic E-state index is 4.29. The van der Waals surface area contributed by atoms with Crippen molar-refractivity contribution < 1.29 is 0 Å². The molecule has 1 aromatic carbocycles. The number of hydrogen-bond acceptors (Lipinski definition) is 4. The van der Waals surface area contributed by atoms with Gasteiger partial charge in [0.25, 0.3) is 0 Å². The van der Waals surface area contributed by atoms with Crippen molar-refractivity contribution in [2.45, 2.75) is 0 Å². The summed E-state index contributed by atoms with van der Waals surface area (Å²) >= 11 is 0. The van der Waals surface area contributed by atoms with Crippen molar-refractivity contribution in [2.24, 2.45) is 5.10 Å². The molecule has 0 aliphatic rings. The number of anilines is 1. The molecule has 0 aliphatic heterocycles. The van der Waals surface area contributed by atoms with Crippen LogP contribution in [0.25, 0.3) is 5.69 Å². The highest BCUT2D eigenvalue weighted by molar-refractivity contribution is 5.79. The Labute approximate surface area is 116 Å². The lowest BCUT2D eigenvalue weighted by Crippen LogP contribution is -1.93. The fraction of sp³-hybridized carbons (Fsp3) is 0. The Bertz CT molecular complexity index is 689. The maximum absolute atomic E-state index is 4.29. The predicted molar refractivity (Wildman–Crippen MR) is 79.0 cm³/mol. The average molecular weight is 263 g/mol. The van der Waals surface area contributed by atoms with Crippen LogP contribution in [-0.4, -0.2) is 21.0 Å². The Balaban J connectivity index is 1.69. The molecule has 3 aromatic rings. The third-order valence-corrected chi connectivity index (χ3v) is 2.68. The summed E-state index contributed by atoms with van der Waals surface area (Å²) in [5.41, 5.74) is 4.80. The number of hydrogen-bond donors (Lipinski definition) is 1. The highest BCUT2D eigenvalue weighted by atomic mass is 15.3. The van der Waals surface area contributed by atoms with Crippen molar-refractivity contribution in [1.82, 2.24) is 14.8 Å². The van der Waals surface area contributed by atoms with E-state index in [1.165, 1.54) is 0 Å². The fourth-order valence-electron chi connectivity index (χ4n) is 1.73. The van der Waals surface area contributed by atoms with Crippen LogP contribution in [-0.2, 0) is 0 Å². The van der Waals surface area contributed by atoms with Crippen LogP contribution in [0.3, 0.4) is 0 Å². The normalized spacial score (nSPS) is 10.8. The molecule has 5 heteroatoms. The van der Waals surface area contributed by atoms with Crippen molar-refractivity contribution >= 4 is 12.0 Å². The molecule has 3 rings (SSSR count). The molecule has 0 unspecified atom stereocenters. The average Bonchev–Trinajstić information content (AvgIpc) is 2.98. The van der Waals surface area contributed by atoms with Crippen molar-refractivity contribution in [1.29, 1.82) is 0 Å². The lowest BCUT2D eigenvalue weighted by atomic mass is 10.3. The molecule has 1 N–H and O–H groups in total. The zero-order valence-corrected chi connectivity index (χ0v) is 10.7. The van der Waals surface area contributed by atoms with Gasteiger partial charge in [-0.1, -0.05) is 24.3 Å². The van der Waals surface area contributed by atoms with Gasteiger partial charge in [-0.05, 0) is 24.3 Å². The van der Waals surface area contributed by atoms with Gasteiger partial charge in [-0.15, -0.1) is 0 Å². The van der Waals surface area contributed by atoms with Crippen LogP contribution in [0.15, 0.2) is 72.2 Å². The number of pyridine rings is 1. The van der Waals surface area contributed by atoms with Crippen LogP contribution in [0, 0.1) is 0 Å². The third kappa shape index (κ3) is 2.89. The molecule has 5 nitrogen and oxygen atoms in total. The number of hydrazone groups is 1. The van der Waals surface area contributed by atoms with Crippen LogP contribution in [0.2, 0.25) is 0 Å². The Morgan fingerprint density at radius 2 is 1.90 bits per heavy atom. The van der Waals surface area contributed by atoms with Crippen LogP contribution in [0.5, 0.6) is 0 Å². The summed E-state index contributed by atoms with van der Waals surface area (Å²) in [7, 11) is 0. The van der Waals surface area contributed by atoms with Crippen molar-refractivity contribution in [2.75, 3.05) is 5.43 Å². The molecule has 0 radical (unpaired) electrons. The molecule has 0 amide bonds. The lowest BCUT2D eigenvalue weighted by Gasteiger charge is -1.98. The number of nitrogens with zero attached hydrogens (tertiary/aromatic N) is 4. The van der Waals surface area contributed by atoms with Gasteiger partial charge in [0.15, 0.2) is 0 Å². The highest BCUT2D eigenvalue weighted by Crippen LogP contribution is 2.06. The Hall–Kier alpha value is -2.95. The Morgan fingerprint density at radius 1 is 1.05 bits per heavy atom. The van der Waals surface area contributed by atoms with Gasteiger partial charge in [0.2, 0.25) is 0 Å². The summed E-state index contributed by atoms with van der Waals surface area (Å²) < 4.78 is 1.81. The summed E-state index contributed by atoms with van der Waals surface area (Å²) in [5, 5.41) is 8.42. The van der Waals surface area contributed by atoms with Gasteiger partial charge in [0.05, 0.1) is 18.1 Å². The van der Waals surface area contributed by atoms with Crippen LogP contribution in [0.4, 0.5) is 5.82 Å². The summed E-state index contributed by atoms with van der Waals surface area (Å²) in [6.07, 6.45) is 7.10. The van der Waals surface area contributed by atoms with E-state index in [0.717, 1.165) is 11.3 Å². The fourth-order valence-corrected chi connectivity index (χ4v) is 1.73. The molecule has 0 atom stereocenters. The molecule has 0 saturated carbocycles. The van der Waals surface area contributed by atoms with Crippen LogP contribution >= 0.6 is 0 Å². The van der Waals surface area contributed by atoms with Gasteiger partial charge in [0.1, 0.15) is 5.82 Å². The first-order valence-electron chi connectivity index (χ1n) is 6.22. The molecule has 98 valence electrons. The first-order chi connectivity index (χ1) is 9.92. The third-order valence-electron chi connectivity index (χ3n) is 2.68. The van der Waals surface area contributed by atoms with E-state index < -0.39 is 0 Å². The molecule has 0 bridgehead atoms. The van der Waals surface area contributed by atoms with E-state index in [4.69, 9.17) is 0 Å². The zero-order valence-electron chi connectivity index (χ0n) is 10.7. The van der Waals surface area contributed by atoms with Crippen molar-refractivity contribution in [3.8, 4) is 5.69 Å². The number of rotatable bonds is 4. The van der Waals surface area contributed by atoms with Gasteiger partial charge in [-0.3, -0.25) is 5.43 Å². The quantitative estimate of drug-likeness (QED) is 0.581. The molecular formula is C15H13N5. The largest absolute Gasteiger partial charge is 0.261 e. The van der Waals surface area contributed by atoms with Gasteiger partial charge >= 0.3 is 0 Å². The molecule has 0 fully saturated rings. The minimum absolute atomic E-state index is 0.708. The minimum Gasteiger partial charge on any atom is -0.261 e. The number of benzene rings is 1. The molecule has 0 aliphatic carbocycles. The van der Waals surface area contributed by atoms with Crippen molar-refractivity contribution in [3.05, 3.63) is 72.7 Å². The molecule has 0 spiro atoms. The lowest BCUT2D eigenvalue weighted by molar-refractivity contribution is 0.880. The number of aromatic nitrogens is 3. The molecule has 0 saturated heterocycles. The monoisotopic (exact) mass is 263 g/mol. The van der Waals surface area contributed by atoms with E-state index in [0.29, 0.717) is 5.82 Å². The second kappa shape index (κ2) is 5.79. The summed E-state index contributed by atoms with van der Waals surface area (Å²) in [6, 6.07) is 15.6. The number of nitrogens with one attached hydrogen (secondary N) is 1. The van der Waals surface area contributed by atoms with E-state index >= 15 is 0 Å². The topological polar surface area (TPSA) is 55.1 Å². The summed E-state index contributed by atoms with van der Waals surface area (Å²) in [5.74, 6) is 0.708. The molecule has 2 aromatic heterocycles. The van der Waals surface area contributed by atoms with E-state index in [1.807, 2.05) is 59.4 Å². The standard InChI is InChI=1S/C15H13N5/c1-2-6-14(7-3-1)20-12-13(11-18-20)10-17-19-15-8-4-5-9-16-15/h1-12H,(H,16,19)/b17-10-. The second-order valence-electron chi connectivity index (χ2n) is 4.14. The summed E-state index contributed by atoms with van der Waals surface area (Å²) in [4.78, 5) is 4.12. The number of para-hydroxylation sites is 1. The summed E-state index contributed by atoms with van der Waals surface area (Å²) in [6.45, 7) is 0. The van der Waals surface area contributed by atoms with E-state index in [-0.39, 0.29) is 0 Å². The molecular weight excluding hydrogens is 250 g/mol. The minimum atomic E-state index is 0.708. The van der Waals surface area contributed by atoms with Crippen LogP contribution in [0.1, 0.15) is 5.56 Å².